The Kier molecular flexibility index (Phi) is 5.76. The number of halogens is 3. The molecule has 2 aromatic heterocycles. The molecule has 0 bridgehead atoms. The Morgan fingerprint density at radius 1 is 1.15 bits per heavy atom. The molecule has 178 valence electrons. The summed E-state index contributed by atoms with van der Waals surface area (Å²) in [6, 6.07) is 5.98. The molecule has 7 nitrogen and oxygen atoms in total. The highest BCUT2D eigenvalue weighted by Crippen LogP contribution is 2.44. The number of likely N-dealkylation sites (tertiary alicyclic amines) is 1. The molecular formula is C23H27F3N4O3. The van der Waals surface area contributed by atoms with Crippen molar-refractivity contribution in [2.45, 2.75) is 44.4 Å². The number of carbonyl (C=O) groups is 2. The monoisotopic (exact) mass is 464 g/mol. The van der Waals surface area contributed by atoms with Crippen LogP contribution in [0.4, 0.5) is 13.2 Å². The van der Waals surface area contributed by atoms with Gasteiger partial charge in [0.05, 0.1) is 24.0 Å². The van der Waals surface area contributed by atoms with Gasteiger partial charge in [0.15, 0.2) is 0 Å². The van der Waals surface area contributed by atoms with Gasteiger partial charge in [-0.25, -0.2) is 4.98 Å². The van der Waals surface area contributed by atoms with Gasteiger partial charge in [-0.3, -0.25) is 14.5 Å². The number of amides is 1. The lowest BCUT2D eigenvalue weighted by atomic mass is 9.80. The number of carbonyl (C=O) groups excluding carboxylic acids is 2. The summed E-state index contributed by atoms with van der Waals surface area (Å²) in [6.45, 7) is 4.95. The van der Waals surface area contributed by atoms with Crippen molar-refractivity contribution in [1.82, 2.24) is 19.4 Å². The molecule has 10 heteroatoms. The minimum Gasteiger partial charge on any atom is -0.495 e. The van der Waals surface area contributed by atoms with E-state index in [0.29, 0.717) is 55.3 Å². The molecule has 2 aromatic rings. The van der Waals surface area contributed by atoms with Crippen LogP contribution in [0.1, 0.15) is 58.2 Å². The number of pyridine rings is 1. The molecule has 2 aliphatic heterocycles. The number of fused-ring (bicyclic) bond motifs is 2. The van der Waals surface area contributed by atoms with Crippen molar-refractivity contribution in [1.29, 1.82) is 0 Å². The number of alkyl halides is 3. The van der Waals surface area contributed by atoms with E-state index in [1.54, 1.807) is 41.7 Å². The average Bonchev–Trinajstić information content (AvgIpc) is 3.22. The van der Waals surface area contributed by atoms with Crippen LogP contribution in [0.25, 0.3) is 0 Å². The largest absolute Gasteiger partial charge is 0.495 e. The molecule has 1 spiro atoms. The maximum Gasteiger partial charge on any atom is 0.456 e. The standard InChI is InChI=1S/C23H27F3N4O3/c1-14-13-28(3)22(19-8-6-17(30(14)19)20(31)23(24,25)26)9-11-29(12-10-22)21(32)16-5-7-18(33-4)15(2)27-16/h5-8,14H,9-13H2,1-4H3. The molecule has 0 aromatic carbocycles. The van der Waals surface area contributed by atoms with Crippen LogP contribution < -0.4 is 4.74 Å². The lowest BCUT2D eigenvalue weighted by molar-refractivity contribution is -0.0894. The second-order valence-electron chi connectivity index (χ2n) is 8.84. The van der Waals surface area contributed by atoms with Crippen molar-refractivity contribution in [3.8, 4) is 5.75 Å². The van der Waals surface area contributed by atoms with Gasteiger partial charge < -0.3 is 14.2 Å². The van der Waals surface area contributed by atoms with Gasteiger partial charge in [0.1, 0.15) is 11.4 Å². The lowest BCUT2D eigenvalue weighted by Gasteiger charge is -2.52. The SMILES string of the molecule is COc1ccc(C(=O)N2CCC3(CC2)c2ccc(C(=O)C(F)(F)F)n2C(C)CN3C)nc1C. The number of ether oxygens (including phenoxy) is 1. The summed E-state index contributed by atoms with van der Waals surface area (Å²) < 4.78 is 46.2. The van der Waals surface area contributed by atoms with E-state index in [1.165, 1.54) is 6.07 Å². The van der Waals surface area contributed by atoms with E-state index in [1.807, 2.05) is 14.0 Å². The summed E-state index contributed by atoms with van der Waals surface area (Å²) in [5.41, 5.74) is 0.779. The minimum atomic E-state index is -4.93. The van der Waals surface area contributed by atoms with E-state index < -0.39 is 17.5 Å². The Morgan fingerprint density at radius 2 is 1.82 bits per heavy atom. The van der Waals surface area contributed by atoms with E-state index in [2.05, 4.69) is 9.88 Å². The van der Waals surface area contributed by atoms with Gasteiger partial charge >= 0.3 is 6.18 Å². The molecule has 1 atom stereocenters. The van der Waals surface area contributed by atoms with Gasteiger partial charge in [-0.1, -0.05) is 0 Å². The van der Waals surface area contributed by atoms with E-state index in [9.17, 15) is 22.8 Å². The zero-order chi connectivity index (χ0) is 24.1. The fourth-order valence-electron chi connectivity index (χ4n) is 5.24. The number of hydrogen-bond donors (Lipinski definition) is 0. The van der Waals surface area contributed by atoms with Crippen LogP contribution in [-0.2, 0) is 5.54 Å². The van der Waals surface area contributed by atoms with Gasteiger partial charge in [0.25, 0.3) is 11.7 Å². The van der Waals surface area contributed by atoms with Crippen molar-refractivity contribution >= 4 is 11.7 Å². The molecule has 2 aliphatic rings. The Labute approximate surface area is 190 Å². The van der Waals surface area contributed by atoms with Crippen LogP contribution in [0, 0.1) is 6.92 Å². The quantitative estimate of drug-likeness (QED) is 0.650. The van der Waals surface area contributed by atoms with E-state index in [4.69, 9.17) is 4.74 Å². The summed E-state index contributed by atoms with van der Waals surface area (Å²) in [5.74, 6) is -1.41. The van der Waals surface area contributed by atoms with Crippen molar-refractivity contribution in [2.24, 2.45) is 0 Å². The van der Waals surface area contributed by atoms with Gasteiger partial charge in [-0.05, 0) is 58.0 Å². The first-order chi connectivity index (χ1) is 15.5. The van der Waals surface area contributed by atoms with Crippen LogP contribution in [0.15, 0.2) is 24.3 Å². The highest BCUT2D eigenvalue weighted by Gasteiger charge is 2.49. The van der Waals surface area contributed by atoms with Crippen molar-refractivity contribution < 1.29 is 27.5 Å². The maximum atomic E-state index is 13.2. The third-order valence-corrected chi connectivity index (χ3v) is 6.95. The summed E-state index contributed by atoms with van der Waals surface area (Å²) in [4.78, 5) is 33.3. The Bertz CT molecular complexity index is 1090. The summed E-state index contributed by atoms with van der Waals surface area (Å²) in [6.07, 6.45) is -3.84. The molecule has 1 unspecified atom stereocenters. The Morgan fingerprint density at radius 3 is 2.39 bits per heavy atom. The molecule has 4 rings (SSSR count). The van der Waals surface area contributed by atoms with Crippen molar-refractivity contribution in [3.63, 3.8) is 0 Å². The molecule has 1 saturated heterocycles. The van der Waals surface area contributed by atoms with Crippen LogP contribution in [0.2, 0.25) is 0 Å². The Balaban J connectivity index is 1.60. The fourth-order valence-corrected chi connectivity index (χ4v) is 5.24. The lowest BCUT2D eigenvalue weighted by Crippen LogP contribution is -2.57. The summed E-state index contributed by atoms with van der Waals surface area (Å²) in [5, 5.41) is 0. The zero-order valence-corrected chi connectivity index (χ0v) is 19.1. The molecule has 4 heterocycles. The van der Waals surface area contributed by atoms with Crippen molar-refractivity contribution in [3.05, 3.63) is 47.0 Å². The van der Waals surface area contributed by atoms with Crippen LogP contribution in [-0.4, -0.2) is 71.0 Å². The first-order valence-electron chi connectivity index (χ1n) is 10.8. The third kappa shape index (κ3) is 3.80. The molecule has 1 amide bonds. The second kappa shape index (κ2) is 8.16. The zero-order valence-electron chi connectivity index (χ0n) is 19.1. The smallest absolute Gasteiger partial charge is 0.456 e. The number of nitrogens with zero attached hydrogens (tertiary/aromatic N) is 4. The summed E-state index contributed by atoms with van der Waals surface area (Å²) in [7, 11) is 3.49. The molecule has 33 heavy (non-hydrogen) atoms. The minimum absolute atomic E-state index is 0.189. The number of Topliss-reactive ketones (excluding diaryl/α,β-unsaturated/α-hetero) is 1. The predicted molar refractivity (Wildman–Crippen MR) is 115 cm³/mol. The molecule has 0 aliphatic carbocycles. The number of aryl methyl sites for hydroxylation is 1. The predicted octanol–water partition coefficient (Wildman–Crippen LogP) is 3.58. The molecule has 1 fully saturated rings. The highest BCUT2D eigenvalue weighted by molar-refractivity contribution is 5.99. The number of methoxy groups -OCH3 is 1. The number of ketones is 1. The van der Waals surface area contributed by atoms with Crippen LogP contribution in [0.3, 0.4) is 0 Å². The van der Waals surface area contributed by atoms with E-state index in [0.717, 1.165) is 0 Å². The molecular weight excluding hydrogens is 437 g/mol. The van der Waals surface area contributed by atoms with E-state index in [-0.39, 0.29) is 17.6 Å². The maximum absolute atomic E-state index is 13.2. The number of aromatic nitrogens is 2. The first kappa shape index (κ1) is 23.3. The molecule has 0 saturated carbocycles. The number of rotatable bonds is 3. The molecule has 0 N–H and O–H groups in total. The van der Waals surface area contributed by atoms with Gasteiger partial charge in [0, 0.05) is 31.4 Å². The van der Waals surface area contributed by atoms with Crippen LogP contribution in [0.5, 0.6) is 5.75 Å². The third-order valence-electron chi connectivity index (χ3n) is 6.95. The second-order valence-corrected chi connectivity index (χ2v) is 8.84. The number of hydrogen-bond acceptors (Lipinski definition) is 5. The Hall–Kier alpha value is -2.88. The van der Waals surface area contributed by atoms with Crippen LogP contribution >= 0.6 is 0 Å². The first-order valence-corrected chi connectivity index (χ1v) is 10.8. The van der Waals surface area contributed by atoms with Gasteiger partial charge in [-0.2, -0.15) is 13.2 Å². The number of likely N-dealkylation sites (N-methyl/N-ethyl adjacent to an activating group) is 1. The van der Waals surface area contributed by atoms with E-state index >= 15 is 0 Å². The topological polar surface area (TPSA) is 67.7 Å². The molecule has 0 radical (unpaired) electrons. The van der Waals surface area contributed by atoms with Gasteiger partial charge in [0.2, 0.25) is 0 Å². The average molecular weight is 464 g/mol. The summed E-state index contributed by atoms with van der Waals surface area (Å²) >= 11 is 0. The highest BCUT2D eigenvalue weighted by atomic mass is 19.4. The van der Waals surface area contributed by atoms with Crippen molar-refractivity contribution in [2.75, 3.05) is 33.8 Å². The van der Waals surface area contributed by atoms with Gasteiger partial charge in [-0.15, -0.1) is 0 Å². The fraction of sp³-hybridized carbons (Fsp3) is 0.522. The normalized spacial score (nSPS) is 20.6. The number of piperidine rings is 1.